The van der Waals surface area contributed by atoms with E-state index >= 15 is 0 Å². The fraction of sp³-hybridized carbons (Fsp3) is 0.375. The van der Waals surface area contributed by atoms with Crippen molar-refractivity contribution < 1.29 is 4.74 Å². The summed E-state index contributed by atoms with van der Waals surface area (Å²) in [6.45, 7) is 4.97. The minimum absolute atomic E-state index is 0. The lowest BCUT2D eigenvalue weighted by molar-refractivity contribution is 0.305. The number of nitrogens with zero attached hydrogens (tertiary/aromatic N) is 2. The molecule has 0 atom stereocenters. The molecule has 1 aliphatic rings. The SMILES string of the molecule is Cc1ccccc1COc1ccc(CN(CCN)c2nc3c(s2)CCCC3)cc1.Cl. The number of ether oxygens (including phenoxy) is 1. The van der Waals surface area contributed by atoms with Crippen LogP contribution in [0.1, 0.15) is 40.1 Å². The highest BCUT2D eigenvalue weighted by atomic mass is 35.5. The first-order chi connectivity index (χ1) is 14.2. The maximum Gasteiger partial charge on any atom is 0.186 e. The van der Waals surface area contributed by atoms with Gasteiger partial charge in [0.2, 0.25) is 0 Å². The Morgan fingerprint density at radius 3 is 2.57 bits per heavy atom. The Labute approximate surface area is 189 Å². The van der Waals surface area contributed by atoms with E-state index in [2.05, 4.69) is 60.4 Å². The summed E-state index contributed by atoms with van der Waals surface area (Å²) in [4.78, 5) is 8.70. The number of nitrogens with two attached hydrogens (primary N) is 1. The Balaban J connectivity index is 0.00000256. The van der Waals surface area contributed by atoms with Crippen LogP contribution in [0.4, 0.5) is 5.13 Å². The van der Waals surface area contributed by atoms with Crippen molar-refractivity contribution in [1.82, 2.24) is 4.98 Å². The van der Waals surface area contributed by atoms with Crippen molar-refractivity contribution in [3.63, 3.8) is 0 Å². The summed E-state index contributed by atoms with van der Waals surface area (Å²) in [5.74, 6) is 0.895. The average molecular weight is 444 g/mol. The van der Waals surface area contributed by atoms with Gasteiger partial charge in [-0.15, -0.1) is 23.7 Å². The van der Waals surface area contributed by atoms with E-state index in [1.807, 2.05) is 11.3 Å². The Hall–Kier alpha value is -2.08. The molecule has 0 saturated heterocycles. The molecule has 0 spiro atoms. The van der Waals surface area contributed by atoms with Crippen LogP contribution in [0.5, 0.6) is 5.75 Å². The lowest BCUT2D eigenvalue weighted by atomic mass is 10.0. The van der Waals surface area contributed by atoms with Crippen molar-refractivity contribution in [2.45, 2.75) is 45.8 Å². The number of aromatic nitrogens is 1. The van der Waals surface area contributed by atoms with E-state index in [0.717, 1.165) is 30.4 Å². The number of hydrogen-bond donors (Lipinski definition) is 1. The van der Waals surface area contributed by atoms with Gasteiger partial charge in [0.1, 0.15) is 12.4 Å². The van der Waals surface area contributed by atoms with Crippen LogP contribution in [0.3, 0.4) is 0 Å². The molecule has 2 N–H and O–H groups in total. The second kappa shape index (κ2) is 10.8. The fourth-order valence-electron chi connectivity index (χ4n) is 3.72. The lowest BCUT2D eigenvalue weighted by Gasteiger charge is -2.21. The van der Waals surface area contributed by atoms with E-state index in [4.69, 9.17) is 15.5 Å². The molecule has 0 unspecified atom stereocenters. The molecule has 0 bridgehead atoms. The predicted octanol–water partition coefficient (Wildman–Crippen LogP) is 5.30. The molecule has 1 aromatic heterocycles. The van der Waals surface area contributed by atoms with Crippen molar-refractivity contribution in [3.8, 4) is 5.75 Å². The normalized spacial score (nSPS) is 12.7. The number of rotatable bonds is 8. The molecule has 3 aromatic rings. The standard InChI is InChI=1S/C24H29N3OS.ClH/c1-18-6-2-3-7-20(18)17-28-21-12-10-19(11-13-21)16-27(15-14-25)24-26-22-8-4-5-9-23(22)29-24;/h2-3,6-7,10-13H,4-5,8-9,14-17,25H2,1H3;1H. The first kappa shape index (κ1) is 22.6. The largest absolute Gasteiger partial charge is 0.489 e. The highest BCUT2D eigenvalue weighted by molar-refractivity contribution is 7.15. The number of anilines is 1. The summed E-state index contributed by atoms with van der Waals surface area (Å²) in [5.41, 5.74) is 10.9. The zero-order valence-corrected chi connectivity index (χ0v) is 19.1. The molecular weight excluding hydrogens is 414 g/mol. The third-order valence-electron chi connectivity index (χ3n) is 5.46. The van der Waals surface area contributed by atoms with Gasteiger partial charge in [-0.05, 0) is 61.4 Å². The van der Waals surface area contributed by atoms with Crippen LogP contribution in [0.25, 0.3) is 0 Å². The third kappa shape index (κ3) is 5.54. The van der Waals surface area contributed by atoms with Gasteiger partial charge in [-0.1, -0.05) is 36.4 Å². The molecule has 6 heteroatoms. The van der Waals surface area contributed by atoms with Gasteiger partial charge in [-0.25, -0.2) is 4.98 Å². The van der Waals surface area contributed by atoms with Crippen LogP contribution in [0.15, 0.2) is 48.5 Å². The molecule has 4 rings (SSSR count). The Kier molecular flexibility index (Phi) is 8.14. The van der Waals surface area contributed by atoms with Crippen molar-refractivity contribution in [3.05, 3.63) is 75.8 Å². The van der Waals surface area contributed by atoms with Gasteiger partial charge < -0.3 is 15.4 Å². The molecule has 0 saturated carbocycles. The molecule has 2 aromatic carbocycles. The molecule has 0 aliphatic heterocycles. The summed E-state index contributed by atoms with van der Waals surface area (Å²) >= 11 is 1.85. The summed E-state index contributed by atoms with van der Waals surface area (Å²) < 4.78 is 5.98. The summed E-state index contributed by atoms with van der Waals surface area (Å²) in [5, 5.41) is 1.11. The van der Waals surface area contributed by atoms with Crippen LogP contribution in [0, 0.1) is 6.92 Å². The van der Waals surface area contributed by atoms with Gasteiger partial charge in [-0.2, -0.15) is 0 Å². The second-order valence-electron chi connectivity index (χ2n) is 7.64. The van der Waals surface area contributed by atoms with E-state index in [-0.39, 0.29) is 12.4 Å². The van der Waals surface area contributed by atoms with Crippen molar-refractivity contribution in [2.75, 3.05) is 18.0 Å². The first-order valence-corrected chi connectivity index (χ1v) is 11.2. The molecule has 30 heavy (non-hydrogen) atoms. The molecule has 4 nitrogen and oxygen atoms in total. The number of fused-ring (bicyclic) bond motifs is 1. The highest BCUT2D eigenvalue weighted by Gasteiger charge is 2.18. The van der Waals surface area contributed by atoms with Gasteiger partial charge >= 0.3 is 0 Å². The van der Waals surface area contributed by atoms with Gasteiger partial charge in [0.05, 0.1) is 5.69 Å². The lowest BCUT2D eigenvalue weighted by Crippen LogP contribution is -2.28. The fourth-order valence-corrected chi connectivity index (χ4v) is 4.89. The van der Waals surface area contributed by atoms with E-state index < -0.39 is 0 Å². The zero-order chi connectivity index (χ0) is 20.1. The number of hydrogen-bond acceptors (Lipinski definition) is 5. The minimum Gasteiger partial charge on any atom is -0.489 e. The van der Waals surface area contributed by atoms with Crippen molar-refractivity contribution >= 4 is 28.9 Å². The van der Waals surface area contributed by atoms with E-state index in [0.29, 0.717) is 13.2 Å². The van der Waals surface area contributed by atoms with Gasteiger partial charge in [0.25, 0.3) is 0 Å². The van der Waals surface area contributed by atoms with E-state index in [1.54, 1.807) is 0 Å². The molecule has 0 radical (unpaired) electrons. The maximum atomic E-state index is 5.98. The van der Waals surface area contributed by atoms with Gasteiger partial charge in [-0.3, -0.25) is 0 Å². The third-order valence-corrected chi connectivity index (χ3v) is 6.67. The van der Waals surface area contributed by atoms with Crippen LogP contribution >= 0.6 is 23.7 Å². The highest BCUT2D eigenvalue weighted by Crippen LogP contribution is 2.32. The van der Waals surface area contributed by atoms with E-state index in [1.165, 1.54) is 46.5 Å². The summed E-state index contributed by atoms with van der Waals surface area (Å²) in [6, 6.07) is 16.7. The van der Waals surface area contributed by atoms with Crippen LogP contribution in [0.2, 0.25) is 0 Å². The van der Waals surface area contributed by atoms with Crippen LogP contribution < -0.4 is 15.4 Å². The van der Waals surface area contributed by atoms with Crippen LogP contribution in [-0.2, 0) is 26.0 Å². The second-order valence-corrected chi connectivity index (χ2v) is 8.70. The van der Waals surface area contributed by atoms with Crippen molar-refractivity contribution in [2.24, 2.45) is 5.73 Å². The molecule has 160 valence electrons. The average Bonchev–Trinajstić information content (AvgIpc) is 3.18. The Morgan fingerprint density at radius 2 is 1.83 bits per heavy atom. The molecule has 0 amide bonds. The monoisotopic (exact) mass is 443 g/mol. The first-order valence-electron chi connectivity index (χ1n) is 10.4. The predicted molar refractivity (Wildman–Crippen MR) is 128 cm³/mol. The topological polar surface area (TPSA) is 51.4 Å². The summed E-state index contributed by atoms with van der Waals surface area (Å²) in [6.07, 6.45) is 4.85. The number of halogens is 1. The van der Waals surface area contributed by atoms with E-state index in [9.17, 15) is 0 Å². The zero-order valence-electron chi connectivity index (χ0n) is 17.5. The minimum atomic E-state index is 0. The van der Waals surface area contributed by atoms with Crippen LogP contribution in [-0.4, -0.2) is 18.1 Å². The number of aryl methyl sites for hydroxylation is 3. The van der Waals surface area contributed by atoms with Gasteiger partial charge in [0.15, 0.2) is 5.13 Å². The molecule has 0 fully saturated rings. The number of thiazole rings is 1. The molecule has 1 aliphatic carbocycles. The Bertz CT molecular complexity index is 918. The van der Waals surface area contributed by atoms with Crippen molar-refractivity contribution in [1.29, 1.82) is 0 Å². The summed E-state index contributed by atoms with van der Waals surface area (Å²) in [7, 11) is 0. The smallest absolute Gasteiger partial charge is 0.186 e. The maximum absolute atomic E-state index is 5.98. The Morgan fingerprint density at radius 1 is 1.07 bits per heavy atom. The molecule has 1 heterocycles. The number of benzene rings is 2. The molecular formula is C24H30ClN3OS. The van der Waals surface area contributed by atoms with Gasteiger partial charge in [0, 0.05) is 24.5 Å². The quantitative estimate of drug-likeness (QED) is 0.513.